The summed E-state index contributed by atoms with van der Waals surface area (Å²) in [5.74, 6) is -0.380. The van der Waals surface area contributed by atoms with Gasteiger partial charge in [-0.25, -0.2) is 9.37 Å². The first-order valence-corrected chi connectivity index (χ1v) is 8.89. The Kier molecular flexibility index (Phi) is 3.10. The van der Waals surface area contributed by atoms with Crippen LogP contribution in [0.4, 0.5) is 9.52 Å². The number of hydrogen-bond acceptors (Lipinski definition) is 5. The Morgan fingerprint density at radius 2 is 2.16 bits per heavy atom. The van der Waals surface area contributed by atoms with Crippen LogP contribution in [0.15, 0.2) is 35.3 Å². The topological polar surface area (TPSA) is 69.2 Å². The summed E-state index contributed by atoms with van der Waals surface area (Å²) in [7, 11) is 0. The molecule has 2 N–H and O–H groups in total. The maximum Gasteiger partial charge on any atom is 0.256 e. The van der Waals surface area contributed by atoms with Gasteiger partial charge in [0.25, 0.3) is 5.56 Å². The average molecular weight is 355 g/mol. The molecule has 0 bridgehead atoms. The predicted octanol–water partition coefficient (Wildman–Crippen LogP) is 3.00. The number of nitrogens with zero attached hydrogens (tertiary/aromatic N) is 2. The number of nitrogens with one attached hydrogen (secondary N) is 1. The van der Waals surface area contributed by atoms with Crippen LogP contribution in [0.5, 0.6) is 0 Å². The van der Waals surface area contributed by atoms with Crippen molar-refractivity contribution in [3.05, 3.63) is 46.6 Å². The fraction of sp³-hybridized carbons (Fsp3) is 0.222. The number of anilines is 1. The molecule has 0 aliphatic carbocycles. The predicted molar refractivity (Wildman–Crippen MR) is 98.0 cm³/mol. The van der Waals surface area contributed by atoms with Crippen LogP contribution in [0.1, 0.15) is 6.42 Å². The van der Waals surface area contributed by atoms with Gasteiger partial charge in [0.1, 0.15) is 5.82 Å². The van der Waals surface area contributed by atoms with E-state index in [9.17, 15) is 14.3 Å². The third-order valence-electron chi connectivity index (χ3n) is 4.76. The molecular weight excluding hydrogens is 341 g/mol. The third kappa shape index (κ3) is 2.16. The molecule has 25 heavy (non-hydrogen) atoms. The van der Waals surface area contributed by atoms with Crippen LogP contribution in [0.2, 0.25) is 0 Å². The number of rotatable bonds is 1. The summed E-state index contributed by atoms with van der Waals surface area (Å²) >= 11 is 1.51. The number of thiazole rings is 1. The number of hydrogen-bond donors (Lipinski definition) is 2. The zero-order valence-corrected chi connectivity index (χ0v) is 13.9. The first kappa shape index (κ1) is 14.8. The fourth-order valence-corrected chi connectivity index (χ4v) is 4.74. The molecule has 126 valence electrons. The lowest BCUT2D eigenvalue weighted by molar-refractivity contribution is 0.198. The lowest BCUT2D eigenvalue weighted by atomic mass is 10.0. The number of aliphatic hydroxyl groups is 1. The van der Waals surface area contributed by atoms with E-state index < -0.39 is 0 Å². The molecule has 1 aliphatic heterocycles. The summed E-state index contributed by atoms with van der Waals surface area (Å²) in [4.78, 5) is 21.9. The van der Waals surface area contributed by atoms with Gasteiger partial charge in [-0.2, -0.15) is 0 Å². The van der Waals surface area contributed by atoms with Gasteiger partial charge in [-0.15, -0.1) is 0 Å². The molecule has 2 aromatic heterocycles. The summed E-state index contributed by atoms with van der Waals surface area (Å²) in [6, 6.07) is 6.31. The average Bonchev–Trinajstić information content (AvgIpc) is 3.21. The van der Waals surface area contributed by atoms with Gasteiger partial charge in [0.05, 0.1) is 21.7 Å². The van der Waals surface area contributed by atoms with E-state index in [-0.39, 0.29) is 17.5 Å². The number of halogens is 1. The Balaban J connectivity index is 1.92. The van der Waals surface area contributed by atoms with E-state index in [1.165, 1.54) is 23.5 Å². The van der Waals surface area contributed by atoms with Gasteiger partial charge in [0.2, 0.25) is 0 Å². The highest BCUT2D eigenvalue weighted by Crippen LogP contribution is 2.40. The standard InChI is InChI=1S/C18H14FN3O2S/c19-9-1-2-11-13(7-9)14-12(3-5-20-17(14)24)16-15(11)21-18(25-16)22-6-4-10(23)8-22/h1-3,5,7,10,23H,4,6,8H2,(H,20,24). The zero-order chi connectivity index (χ0) is 17.1. The fourth-order valence-electron chi connectivity index (χ4n) is 3.59. The number of β-amino-alcohol motifs (C(OH)–C–C–N with tert-alkyl or cyclic N) is 1. The van der Waals surface area contributed by atoms with E-state index in [1.54, 1.807) is 12.3 Å². The van der Waals surface area contributed by atoms with Crippen molar-refractivity contribution in [2.45, 2.75) is 12.5 Å². The van der Waals surface area contributed by atoms with E-state index in [0.29, 0.717) is 17.3 Å². The molecule has 0 amide bonds. The summed E-state index contributed by atoms with van der Waals surface area (Å²) in [5.41, 5.74) is 0.538. The van der Waals surface area contributed by atoms with E-state index in [1.807, 2.05) is 6.07 Å². The lowest BCUT2D eigenvalue weighted by Gasteiger charge is -2.12. The molecule has 2 aromatic carbocycles. The van der Waals surface area contributed by atoms with Crippen LogP contribution in [0, 0.1) is 5.82 Å². The molecule has 5 rings (SSSR count). The number of pyridine rings is 1. The second kappa shape index (κ2) is 5.24. The van der Waals surface area contributed by atoms with Gasteiger partial charge >= 0.3 is 0 Å². The van der Waals surface area contributed by atoms with Gasteiger partial charge in [-0.05, 0) is 30.7 Å². The minimum atomic E-state index is -0.380. The minimum Gasteiger partial charge on any atom is -0.391 e. The molecule has 0 radical (unpaired) electrons. The Bertz CT molecular complexity index is 1200. The van der Waals surface area contributed by atoms with E-state index in [4.69, 9.17) is 4.98 Å². The van der Waals surface area contributed by atoms with Crippen molar-refractivity contribution >= 4 is 48.2 Å². The molecule has 3 heterocycles. The molecule has 1 aliphatic rings. The van der Waals surface area contributed by atoms with Crippen molar-refractivity contribution in [2.75, 3.05) is 18.0 Å². The number of fused-ring (bicyclic) bond motifs is 6. The van der Waals surface area contributed by atoms with Crippen molar-refractivity contribution in [2.24, 2.45) is 0 Å². The van der Waals surface area contributed by atoms with E-state index >= 15 is 0 Å². The van der Waals surface area contributed by atoms with Crippen molar-refractivity contribution in [3.8, 4) is 0 Å². The highest BCUT2D eigenvalue weighted by Gasteiger charge is 2.24. The molecule has 5 nitrogen and oxygen atoms in total. The minimum absolute atomic E-state index is 0.235. The van der Waals surface area contributed by atoms with Crippen molar-refractivity contribution in [1.82, 2.24) is 9.97 Å². The second-order valence-electron chi connectivity index (χ2n) is 6.35. The number of benzene rings is 2. The third-order valence-corrected chi connectivity index (χ3v) is 5.91. The molecule has 1 unspecified atom stereocenters. The monoisotopic (exact) mass is 355 g/mol. The lowest BCUT2D eigenvalue weighted by Crippen LogP contribution is -2.20. The van der Waals surface area contributed by atoms with E-state index in [0.717, 1.165) is 39.1 Å². The Morgan fingerprint density at radius 3 is 2.96 bits per heavy atom. The molecule has 0 spiro atoms. The summed E-state index contributed by atoms with van der Waals surface area (Å²) in [5, 5.41) is 13.2. The summed E-state index contributed by atoms with van der Waals surface area (Å²) in [6.07, 6.45) is 1.99. The molecule has 1 fully saturated rings. The van der Waals surface area contributed by atoms with Crippen LogP contribution in [0.3, 0.4) is 0 Å². The van der Waals surface area contributed by atoms with Crippen LogP contribution in [-0.4, -0.2) is 34.3 Å². The van der Waals surface area contributed by atoms with Crippen molar-refractivity contribution in [3.63, 3.8) is 0 Å². The molecule has 1 saturated heterocycles. The van der Waals surface area contributed by atoms with Gasteiger partial charge in [-0.3, -0.25) is 4.79 Å². The highest BCUT2D eigenvalue weighted by molar-refractivity contribution is 7.23. The summed E-state index contributed by atoms with van der Waals surface area (Å²) < 4.78 is 14.7. The number of aromatic nitrogens is 2. The smallest absolute Gasteiger partial charge is 0.256 e. The maximum atomic E-state index is 13.8. The van der Waals surface area contributed by atoms with Crippen LogP contribution in [-0.2, 0) is 0 Å². The Hall–Kier alpha value is -2.51. The van der Waals surface area contributed by atoms with Crippen molar-refractivity contribution in [1.29, 1.82) is 0 Å². The molecule has 0 saturated carbocycles. The van der Waals surface area contributed by atoms with E-state index in [2.05, 4.69) is 9.88 Å². The molecule has 7 heteroatoms. The zero-order valence-electron chi connectivity index (χ0n) is 13.1. The second-order valence-corrected chi connectivity index (χ2v) is 7.33. The van der Waals surface area contributed by atoms with Crippen LogP contribution in [0.25, 0.3) is 31.8 Å². The quantitative estimate of drug-likeness (QED) is 0.515. The molecular formula is C18H14FN3O2S. The first-order valence-electron chi connectivity index (χ1n) is 8.08. The number of aliphatic hydroxyl groups excluding tert-OH is 1. The van der Waals surface area contributed by atoms with Crippen molar-refractivity contribution < 1.29 is 9.50 Å². The maximum absolute atomic E-state index is 13.8. The van der Waals surface area contributed by atoms with Gasteiger partial charge in [-0.1, -0.05) is 11.3 Å². The van der Waals surface area contributed by atoms with Gasteiger partial charge in [0.15, 0.2) is 5.13 Å². The highest BCUT2D eigenvalue weighted by atomic mass is 32.1. The molecule has 4 aromatic rings. The van der Waals surface area contributed by atoms with Crippen LogP contribution < -0.4 is 10.5 Å². The Morgan fingerprint density at radius 1 is 1.28 bits per heavy atom. The SMILES string of the molecule is O=c1[nH]ccc2c3sc(N4CCC(O)C4)nc3c3ccc(F)cc3c12. The Labute approximate surface area is 145 Å². The normalized spacial score (nSPS) is 18.0. The summed E-state index contributed by atoms with van der Waals surface area (Å²) in [6.45, 7) is 1.32. The van der Waals surface area contributed by atoms with Gasteiger partial charge in [0, 0.05) is 35.4 Å². The number of aromatic amines is 1. The number of H-pyrrole nitrogens is 1. The van der Waals surface area contributed by atoms with Crippen LogP contribution >= 0.6 is 11.3 Å². The molecule has 1 atom stereocenters. The van der Waals surface area contributed by atoms with Gasteiger partial charge < -0.3 is 15.0 Å². The largest absolute Gasteiger partial charge is 0.391 e. The first-order chi connectivity index (χ1) is 12.1.